The van der Waals surface area contributed by atoms with E-state index in [-0.39, 0.29) is 4.90 Å². The molecule has 0 saturated carbocycles. The molecule has 16 heavy (non-hydrogen) atoms. The number of hydrogen-bond donors (Lipinski definition) is 1. The number of nitrogens with one attached hydrogen (secondary N) is 1. The van der Waals surface area contributed by atoms with Crippen molar-refractivity contribution in [2.75, 3.05) is 0 Å². The average molecular weight is 234 g/mol. The van der Waals surface area contributed by atoms with Crippen LogP contribution in [-0.4, -0.2) is 14.8 Å². The van der Waals surface area contributed by atoms with Gasteiger partial charge in [0.25, 0.3) is 10.0 Å². The molecule has 2 rings (SSSR count). The van der Waals surface area contributed by atoms with Crippen molar-refractivity contribution in [1.29, 1.82) is 0 Å². The van der Waals surface area contributed by atoms with E-state index in [1.54, 1.807) is 35.1 Å². The highest BCUT2D eigenvalue weighted by molar-refractivity contribution is 7.90. The van der Waals surface area contributed by atoms with Crippen LogP contribution in [-0.2, 0) is 14.8 Å². The van der Waals surface area contributed by atoms with Crippen molar-refractivity contribution >= 4 is 27.2 Å². The molecule has 0 heterocycles. The van der Waals surface area contributed by atoms with Crippen LogP contribution in [0.3, 0.4) is 0 Å². The molecule has 1 amide bonds. The molecule has 0 saturated heterocycles. The van der Waals surface area contributed by atoms with Gasteiger partial charge in [0, 0.05) is 5.39 Å². The Bertz CT molecular complexity index is 629. The topological polar surface area (TPSA) is 63.2 Å². The first-order chi connectivity index (χ1) is 7.65. The lowest BCUT2D eigenvalue weighted by atomic mass is 10.1. The van der Waals surface area contributed by atoms with Crippen molar-refractivity contribution in [2.45, 2.75) is 4.90 Å². The van der Waals surface area contributed by atoms with Crippen LogP contribution in [0.5, 0.6) is 0 Å². The lowest BCUT2D eigenvalue weighted by Crippen LogP contribution is -2.21. The molecule has 4 nitrogen and oxygen atoms in total. The fourth-order valence-corrected chi connectivity index (χ4v) is 2.49. The second-order valence-corrected chi connectivity index (χ2v) is 4.84. The van der Waals surface area contributed by atoms with Gasteiger partial charge in [0.1, 0.15) is 0 Å². The van der Waals surface area contributed by atoms with Crippen LogP contribution in [0.15, 0.2) is 47.4 Å². The molecule has 0 atom stereocenters. The molecule has 0 spiro atoms. The van der Waals surface area contributed by atoms with Gasteiger partial charge in [0.2, 0.25) is 0 Å². The monoisotopic (exact) mass is 234 g/mol. The first kappa shape index (κ1) is 10.6. The van der Waals surface area contributed by atoms with Crippen molar-refractivity contribution in [3.63, 3.8) is 0 Å². The first-order valence-electron chi connectivity index (χ1n) is 4.52. The molecule has 0 aliphatic rings. The van der Waals surface area contributed by atoms with Crippen LogP contribution < -0.4 is 4.72 Å². The van der Waals surface area contributed by atoms with Crippen LogP contribution in [0.25, 0.3) is 10.8 Å². The number of benzene rings is 2. The number of carbonyl (C=O) groups excluding carboxylic acids is 1. The lowest BCUT2D eigenvalue weighted by Gasteiger charge is -2.05. The summed E-state index contributed by atoms with van der Waals surface area (Å²) in [6.45, 7) is 0. The number of amides is 1. The van der Waals surface area contributed by atoms with Gasteiger partial charge in [-0.25, -0.2) is 13.1 Å². The summed E-state index contributed by atoms with van der Waals surface area (Å²) in [5, 5.41) is 1.38. The Morgan fingerprint density at radius 3 is 2.44 bits per heavy atom. The second kappa shape index (κ2) is 3.94. The fourth-order valence-electron chi connectivity index (χ4n) is 1.54. The third-order valence-corrected chi connectivity index (χ3v) is 3.50. The largest absolute Gasteiger partial charge is 0.324 e. The van der Waals surface area contributed by atoms with Crippen molar-refractivity contribution in [1.82, 2.24) is 4.72 Å². The maximum Gasteiger partial charge on any atom is 0.324 e. The summed E-state index contributed by atoms with van der Waals surface area (Å²) in [5.41, 5.74) is 0. The van der Waals surface area contributed by atoms with Crippen LogP contribution in [0, 0.1) is 0 Å². The third-order valence-electron chi connectivity index (χ3n) is 2.22. The van der Waals surface area contributed by atoms with Crippen molar-refractivity contribution < 1.29 is 13.2 Å². The van der Waals surface area contributed by atoms with Gasteiger partial charge in [-0.15, -0.1) is 0 Å². The molecule has 0 bridgehead atoms. The summed E-state index contributed by atoms with van der Waals surface area (Å²) in [6, 6.07) is 11.9. The summed E-state index contributed by atoms with van der Waals surface area (Å²) in [4.78, 5) is 10.2. The van der Waals surface area contributed by atoms with Gasteiger partial charge in [-0.1, -0.05) is 36.4 Å². The highest BCUT2D eigenvalue weighted by Crippen LogP contribution is 2.22. The Morgan fingerprint density at radius 1 is 1.00 bits per heavy atom. The van der Waals surface area contributed by atoms with Gasteiger partial charge >= 0.3 is 6.41 Å². The number of fused-ring (bicyclic) bond motifs is 1. The molecule has 81 valence electrons. The molecule has 0 aliphatic heterocycles. The number of rotatable bonds is 3. The summed E-state index contributed by atoms with van der Waals surface area (Å²) >= 11 is 0. The second-order valence-electron chi connectivity index (χ2n) is 3.18. The summed E-state index contributed by atoms with van der Waals surface area (Å²) in [6.07, 6.45) is 1.18. The summed E-state index contributed by atoms with van der Waals surface area (Å²) in [7, 11) is -3.81. The Kier molecular flexibility index (Phi) is 2.62. The molecular weight excluding hydrogens is 226 g/mol. The van der Waals surface area contributed by atoms with E-state index in [0.717, 1.165) is 5.39 Å². The number of hydrogen-bond acceptors (Lipinski definition) is 3. The highest BCUT2D eigenvalue weighted by Gasteiger charge is 2.15. The van der Waals surface area contributed by atoms with E-state index in [9.17, 15) is 13.2 Å². The van der Waals surface area contributed by atoms with E-state index in [0.29, 0.717) is 5.39 Å². The van der Waals surface area contributed by atoms with Gasteiger partial charge in [-0.05, 0) is 11.5 Å². The molecule has 2 aromatic carbocycles. The third kappa shape index (κ3) is 1.77. The molecule has 5 heteroatoms. The smallest absolute Gasteiger partial charge is 0.262 e. The minimum Gasteiger partial charge on any atom is -0.262 e. The quantitative estimate of drug-likeness (QED) is 0.811. The Labute approximate surface area is 93.0 Å². The minimum atomic E-state index is -3.81. The number of sulfonamides is 1. The highest BCUT2D eigenvalue weighted by atomic mass is 32.2. The van der Waals surface area contributed by atoms with E-state index in [1.807, 2.05) is 6.07 Å². The van der Waals surface area contributed by atoms with Gasteiger partial charge in [-0.3, -0.25) is 4.79 Å². The van der Waals surface area contributed by atoms with Crippen LogP contribution >= 0.6 is 0 Å². The minimum absolute atomic E-state index is 0.0777. The predicted molar refractivity (Wildman–Crippen MR) is 60.0 cm³/mol. The summed E-state index contributed by atoms with van der Waals surface area (Å²) < 4.78 is 25.0. The molecular formula is C11H8NO3S. The molecule has 1 radical (unpaired) electrons. The SMILES string of the molecule is O=[C]NS(=O)(=O)c1cccc2ccccc12. The molecule has 0 unspecified atom stereocenters. The van der Waals surface area contributed by atoms with E-state index in [2.05, 4.69) is 0 Å². The Hall–Kier alpha value is -1.88. The fraction of sp³-hybridized carbons (Fsp3) is 0. The average Bonchev–Trinajstić information content (AvgIpc) is 2.28. The molecule has 0 fully saturated rings. The van der Waals surface area contributed by atoms with Gasteiger partial charge < -0.3 is 0 Å². The van der Waals surface area contributed by atoms with Crippen LogP contribution in [0.4, 0.5) is 0 Å². The maximum absolute atomic E-state index is 11.7. The molecule has 2 aromatic rings. The van der Waals surface area contributed by atoms with Crippen LogP contribution in [0.1, 0.15) is 0 Å². The molecule has 1 N–H and O–H groups in total. The van der Waals surface area contributed by atoms with E-state index in [1.165, 1.54) is 12.5 Å². The zero-order valence-electron chi connectivity index (χ0n) is 8.17. The van der Waals surface area contributed by atoms with Crippen molar-refractivity contribution in [2.24, 2.45) is 0 Å². The van der Waals surface area contributed by atoms with Gasteiger partial charge in [0.05, 0.1) is 4.90 Å². The van der Waals surface area contributed by atoms with Gasteiger partial charge in [0.15, 0.2) is 0 Å². The maximum atomic E-state index is 11.7. The first-order valence-corrected chi connectivity index (χ1v) is 6.00. The van der Waals surface area contributed by atoms with E-state index >= 15 is 0 Å². The lowest BCUT2D eigenvalue weighted by molar-refractivity contribution is 0.547. The zero-order chi connectivity index (χ0) is 11.6. The predicted octanol–water partition coefficient (Wildman–Crippen LogP) is 1.19. The summed E-state index contributed by atoms with van der Waals surface area (Å²) in [5.74, 6) is 0. The normalized spacial score (nSPS) is 11.2. The Balaban J connectivity index is 2.75. The zero-order valence-corrected chi connectivity index (χ0v) is 8.99. The van der Waals surface area contributed by atoms with Crippen molar-refractivity contribution in [3.05, 3.63) is 42.5 Å². The van der Waals surface area contributed by atoms with Crippen molar-refractivity contribution in [3.8, 4) is 0 Å². The van der Waals surface area contributed by atoms with Crippen LogP contribution in [0.2, 0.25) is 0 Å². The van der Waals surface area contributed by atoms with Gasteiger partial charge in [-0.2, -0.15) is 0 Å². The standard InChI is InChI=1S/C11H8NO3S/c13-8-12-16(14,15)11-7-3-5-9-4-1-2-6-10(9)11/h1-7H,(H,12,13). The molecule has 0 aromatic heterocycles. The molecule has 0 aliphatic carbocycles. The van der Waals surface area contributed by atoms with E-state index in [4.69, 9.17) is 0 Å². The Morgan fingerprint density at radius 2 is 1.69 bits per heavy atom. The van der Waals surface area contributed by atoms with E-state index < -0.39 is 10.0 Å².